The zero-order valence-corrected chi connectivity index (χ0v) is 12.2. The molecule has 4 unspecified atom stereocenters. The summed E-state index contributed by atoms with van der Waals surface area (Å²) >= 11 is 6.24. The highest BCUT2D eigenvalue weighted by Crippen LogP contribution is 2.69. The van der Waals surface area contributed by atoms with Crippen molar-refractivity contribution >= 4 is 17.4 Å². The first kappa shape index (κ1) is 12.0. The van der Waals surface area contributed by atoms with Gasteiger partial charge < -0.3 is 0 Å². The van der Waals surface area contributed by atoms with Crippen LogP contribution < -0.4 is 0 Å². The monoisotopic (exact) mass is 278 g/mol. The van der Waals surface area contributed by atoms with E-state index in [4.69, 9.17) is 11.6 Å². The molecule has 4 rings (SSSR count). The van der Waals surface area contributed by atoms with Crippen LogP contribution >= 0.6 is 11.6 Å². The van der Waals surface area contributed by atoms with Gasteiger partial charge in [0.1, 0.15) is 5.78 Å². The van der Waals surface area contributed by atoms with E-state index in [-0.39, 0.29) is 0 Å². The van der Waals surface area contributed by atoms with E-state index < -0.39 is 0 Å². The van der Waals surface area contributed by atoms with Gasteiger partial charge in [0.25, 0.3) is 0 Å². The van der Waals surface area contributed by atoms with E-state index >= 15 is 0 Å². The van der Waals surface area contributed by atoms with Gasteiger partial charge >= 0.3 is 0 Å². The van der Waals surface area contributed by atoms with Gasteiger partial charge in [0.05, 0.1) is 22.8 Å². The molecule has 0 N–H and O–H groups in total. The van der Waals surface area contributed by atoms with E-state index in [1.54, 1.807) is 4.68 Å². The molecule has 4 heteroatoms. The Balaban J connectivity index is 1.51. The molecule has 3 aliphatic rings. The van der Waals surface area contributed by atoms with Gasteiger partial charge in [-0.25, -0.2) is 0 Å². The molecule has 2 bridgehead atoms. The van der Waals surface area contributed by atoms with Gasteiger partial charge in [0.15, 0.2) is 0 Å². The lowest BCUT2D eigenvalue weighted by Gasteiger charge is -2.08. The molecule has 0 aliphatic heterocycles. The molecule has 102 valence electrons. The maximum atomic E-state index is 12.5. The largest absolute Gasteiger partial charge is 0.299 e. The molecule has 19 heavy (non-hydrogen) atoms. The molecule has 1 heterocycles. The Morgan fingerprint density at radius 1 is 1.37 bits per heavy atom. The summed E-state index contributed by atoms with van der Waals surface area (Å²) < 4.78 is 1.77. The van der Waals surface area contributed by atoms with Crippen LogP contribution in [0, 0.1) is 36.5 Å². The average molecular weight is 279 g/mol. The number of carbonyl (C=O) groups excluding carboxylic acids is 1. The first-order valence-electron chi connectivity index (χ1n) is 7.28. The van der Waals surface area contributed by atoms with E-state index in [0.717, 1.165) is 35.1 Å². The molecule has 0 aromatic carbocycles. The highest BCUT2D eigenvalue weighted by molar-refractivity contribution is 6.32. The van der Waals surface area contributed by atoms with Crippen LogP contribution in [0.5, 0.6) is 0 Å². The summed E-state index contributed by atoms with van der Waals surface area (Å²) in [6.07, 6.45) is 4.58. The average Bonchev–Trinajstić information content (AvgIpc) is 2.70. The Morgan fingerprint density at radius 2 is 2.00 bits per heavy atom. The molecule has 0 amide bonds. The van der Waals surface area contributed by atoms with Crippen molar-refractivity contribution in [2.45, 2.75) is 32.6 Å². The molecule has 0 spiro atoms. The van der Waals surface area contributed by atoms with Gasteiger partial charge in [-0.05, 0) is 49.9 Å². The number of rotatable bonds is 3. The molecule has 1 aromatic heterocycles. The normalized spacial score (nSPS) is 38.6. The highest BCUT2D eigenvalue weighted by Gasteiger charge is 2.66. The molecule has 0 saturated heterocycles. The Hall–Kier alpha value is -0.830. The molecule has 1 aromatic rings. The van der Waals surface area contributed by atoms with Crippen molar-refractivity contribution in [1.29, 1.82) is 0 Å². The third-order valence-electron chi connectivity index (χ3n) is 5.71. The van der Waals surface area contributed by atoms with Crippen molar-refractivity contribution in [3.8, 4) is 0 Å². The smallest absolute Gasteiger partial charge is 0.142 e. The van der Waals surface area contributed by atoms with Gasteiger partial charge in [0, 0.05) is 13.0 Å². The maximum absolute atomic E-state index is 12.5. The quantitative estimate of drug-likeness (QED) is 0.852. The second kappa shape index (κ2) is 3.85. The van der Waals surface area contributed by atoms with E-state index in [1.807, 2.05) is 14.0 Å². The second-order valence-corrected chi connectivity index (χ2v) is 7.00. The van der Waals surface area contributed by atoms with Gasteiger partial charge in [-0.15, -0.1) is 0 Å². The zero-order valence-electron chi connectivity index (χ0n) is 11.4. The van der Waals surface area contributed by atoms with Crippen molar-refractivity contribution < 1.29 is 4.79 Å². The predicted molar refractivity (Wildman–Crippen MR) is 73.0 cm³/mol. The Bertz CT molecular complexity index is 549. The number of hydrogen-bond acceptors (Lipinski definition) is 2. The first-order valence-corrected chi connectivity index (χ1v) is 7.66. The zero-order chi connectivity index (χ0) is 13.3. The minimum absolute atomic E-state index is 0.345. The number of Topliss-reactive ketones (excluding diaryl/α,β-unsaturated/α-hetero) is 1. The Labute approximate surface area is 118 Å². The fourth-order valence-corrected chi connectivity index (χ4v) is 5.14. The van der Waals surface area contributed by atoms with Gasteiger partial charge in [-0.2, -0.15) is 5.10 Å². The molecule has 3 saturated carbocycles. The maximum Gasteiger partial charge on any atom is 0.142 e. The van der Waals surface area contributed by atoms with E-state index in [2.05, 4.69) is 5.10 Å². The van der Waals surface area contributed by atoms with Gasteiger partial charge in [0.2, 0.25) is 0 Å². The summed E-state index contributed by atoms with van der Waals surface area (Å²) in [5.74, 6) is 3.90. The lowest BCUT2D eigenvalue weighted by Crippen LogP contribution is -2.14. The second-order valence-electron chi connectivity index (χ2n) is 6.63. The van der Waals surface area contributed by atoms with Gasteiger partial charge in [-0.3, -0.25) is 9.48 Å². The third-order valence-corrected chi connectivity index (χ3v) is 6.20. The lowest BCUT2D eigenvalue weighted by molar-refractivity contribution is -0.120. The van der Waals surface area contributed by atoms with E-state index in [0.29, 0.717) is 23.1 Å². The molecular weight excluding hydrogens is 260 g/mol. The van der Waals surface area contributed by atoms with Crippen LogP contribution in [0.1, 0.15) is 30.7 Å². The van der Waals surface area contributed by atoms with E-state index in [1.165, 1.54) is 19.3 Å². The van der Waals surface area contributed by atoms with Crippen LogP contribution in [0.2, 0.25) is 5.02 Å². The molecule has 3 aliphatic carbocycles. The highest BCUT2D eigenvalue weighted by atomic mass is 35.5. The predicted octanol–water partition coefficient (Wildman–Crippen LogP) is 2.79. The first-order chi connectivity index (χ1) is 9.08. The summed E-state index contributed by atoms with van der Waals surface area (Å²) in [6, 6.07) is 0. The summed E-state index contributed by atoms with van der Waals surface area (Å²) in [6.45, 7) is 1.89. The fraction of sp³-hybridized carbons (Fsp3) is 0.733. The number of aryl methyl sites for hydroxylation is 2. The molecule has 3 fully saturated rings. The number of halogens is 1. The van der Waals surface area contributed by atoms with Crippen LogP contribution in [-0.4, -0.2) is 15.6 Å². The van der Waals surface area contributed by atoms with Crippen LogP contribution in [0.3, 0.4) is 0 Å². The van der Waals surface area contributed by atoms with Crippen molar-refractivity contribution in [3.63, 3.8) is 0 Å². The number of nitrogens with zero attached hydrogens (tertiary/aromatic N) is 2. The number of hydrogen-bond donors (Lipinski definition) is 0. The molecular formula is C15H19ClN2O. The summed E-state index contributed by atoms with van der Waals surface area (Å²) in [5.41, 5.74) is 1.71. The third kappa shape index (κ3) is 1.57. The summed E-state index contributed by atoms with van der Waals surface area (Å²) in [4.78, 5) is 12.5. The van der Waals surface area contributed by atoms with E-state index in [9.17, 15) is 4.79 Å². The van der Waals surface area contributed by atoms with Crippen LogP contribution in [0.15, 0.2) is 0 Å². The topological polar surface area (TPSA) is 34.9 Å². The number of aromatic nitrogens is 2. The number of ketones is 1. The fourth-order valence-electron chi connectivity index (χ4n) is 4.91. The van der Waals surface area contributed by atoms with Crippen molar-refractivity contribution in [2.24, 2.45) is 36.6 Å². The summed E-state index contributed by atoms with van der Waals surface area (Å²) in [5, 5.41) is 4.96. The molecule has 4 atom stereocenters. The molecule has 3 nitrogen and oxygen atoms in total. The molecule has 0 radical (unpaired) electrons. The Morgan fingerprint density at radius 3 is 2.53 bits per heavy atom. The van der Waals surface area contributed by atoms with Crippen LogP contribution in [0.4, 0.5) is 0 Å². The van der Waals surface area contributed by atoms with Crippen LogP contribution in [-0.2, 0) is 18.3 Å². The summed E-state index contributed by atoms with van der Waals surface area (Å²) in [7, 11) is 1.87. The van der Waals surface area contributed by atoms with Crippen LogP contribution in [0.25, 0.3) is 0 Å². The van der Waals surface area contributed by atoms with Gasteiger partial charge in [-0.1, -0.05) is 11.6 Å². The van der Waals surface area contributed by atoms with Crippen molar-refractivity contribution in [3.05, 3.63) is 16.4 Å². The standard InChI is InChI=1S/C15H19ClN2O/c1-7-15(16)10(18(2)17-7)6-11(19)14-12-8-3-4-9(5-8)13(12)14/h8-9,12-14H,3-6H2,1-2H3. The minimum atomic E-state index is 0.345. The lowest BCUT2D eigenvalue weighted by atomic mass is 9.98. The minimum Gasteiger partial charge on any atom is -0.299 e. The van der Waals surface area contributed by atoms with Crippen molar-refractivity contribution in [2.75, 3.05) is 0 Å². The Kier molecular flexibility index (Phi) is 2.42. The van der Waals surface area contributed by atoms with Crippen molar-refractivity contribution in [1.82, 2.24) is 9.78 Å². The SMILES string of the molecule is Cc1nn(C)c(CC(=O)C2C3C4CCC(C4)C23)c1Cl. The number of carbonyl (C=O) groups is 1. The number of fused-ring (bicyclic) bond motifs is 5.